The van der Waals surface area contributed by atoms with E-state index in [4.69, 9.17) is 0 Å². The highest BCUT2D eigenvalue weighted by molar-refractivity contribution is 5.65. The molecular weight excluding hydrogens is 210 g/mol. The van der Waals surface area contributed by atoms with Gasteiger partial charge in [0.1, 0.15) is 5.82 Å². The van der Waals surface area contributed by atoms with Crippen LogP contribution in [0.4, 0.5) is 0 Å². The highest BCUT2D eigenvalue weighted by Gasteiger charge is 2.22. The van der Waals surface area contributed by atoms with Crippen LogP contribution in [0.15, 0.2) is 18.5 Å². The topological polar surface area (TPSA) is 29.0 Å². The van der Waals surface area contributed by atoms with Gasteiger partial charge in [0.05, 0.1) is 0 Å². The summed E-state index contributed by atoms with van der Waals surface area (Å²) < 4.78 is 0. The first-order chi connectivity index (χ1) is 8.31. The highest BCUT2D eigenvalue weighted by Crippen LogP contribution is 2.31. The normalized spacial score (nSPS) is 21.4. The maximum Gasteiger partial charge on any atom is 0.128 e. The molecule has 1 saturated carbocycles. The zero-order chi connectivity index (χ0) is 11.7. The SMILES string of the molecule is CN1CC=C(c2cnc(CC3CC3)nc2)CC1. The molecule has 0 spiro atoms. The molecule has 3 heteroatoms. The van der Waals surface area contributed by atoms with Crippen molar-refractivity contribution < 1.29 is 0 Å². The third kappa shape index (κ3) is 2.72. The average Bonchev–Trinajstić information content (AvgIpc) is 3.15. The van der Waals surface area contributed by atoms with Crippen molar-refractivity contribution in [1.29, 1.82) is 0 Å². The lowest BCUT2D eigenvalue weighted by molar-refractivity contribution is 0.370. The molecule has 1 aliphatic carbocycles. The molecule has 1 aromatic rings. The van der Waals surface area contributed by atoms with E-state index >= 15 is 0 Å². The van der Waals surface area contributed by atoms with Gasteiger partial charge in [0.25, 0.3) is 0 Å². The quantitative estimate of drug-likeness (QED) is 0.795. The van der Waals surface area contributed by atoms with Crippen molar-refractivity contribution in [2.45, 2.75) is 25.7 Å². The molecule has 0 unspecified atom stereocenters. The van der Waals surface area contributed by atoms with E-state index in [0.29, 0.717) is 0 Å². The van der Waals surface area contributed by atoms with E-state index in [9.17, 15) is 0 Å². The molecule has 0 radical (unpaired) electrons. The second kappa shape index (κ2) is 4.57. The molecule has 2 aliphatic rings. The van der Waals surface area contributed by atoms with Crippen LogP contribution in [0.1, 0.15) is 30.7 Å². The van der Waals surface area contributed by atoms with E-state index in [2.05, 4.69) is 28.0 Å². The first-order valence-corrected chi connectivity index (χ1v) is 6.50. The molecule has 0 N–H and O–H groups in total. The number of aromatic nitrogens is 2. The van der Waals surface area contributed by atoms with Crippen LogP contribution in [0.3, 0.4) is 0 Å². The molecule has 1 aromatic heterocycles. The fraction of sp³-hybridized carbons (Fsp3) is 0.571. The van der Waals surface area contributed by atoms with Crippen LogP contribution in [-0.4, -0.2) is 35.0 Å². The second-order valence-electron chi connectivity index (χ2n) is 5.28. The zero-order valence-corrected chi connectivity index (χ0v) is 10.4. The van der Waals surface area contributed by atoms with Gasteiger partial charge in [-0.1, -0.05) is 6.08 Å². The van der Waals surface area contributed by atoms with Gasteiger partial charge >= 0.3 is 0 Å². The minimum Gasteiger partial charge on any atom is -0.302 e. The Morgan fingerprint density at radius 2 is 2.06 bits per heavy atom. The molecule has 1 fully saturated rings. The van der Waals surface area contributed by atoms with Gasteiger partial charge in [0, 0.05) is 37.5 Å². The summed E-state index contributed by atoms with van der Waals surface area (Å²) in [4.78, 5) is 11.3. The van der Waals surface area contributed by atoms with Crippen molar-refractivity contribution in [1.82, 2.24) is 14.9 Å². The van der Waals surface area contributed by atoms with Gasteiger partial charge < -0.3 is 4.90 Å². The van der Waals surface area contributed by atoms with Crippen molar-refractivity contribution in [3.63, 3.8) is 0 Å². The number of likely N-dealkylation sites (N-methyl/N-ethyl adjacent to an activating group) is 1. The maximum atomic E-state index is 4.49. The van der Waals surface area contributed by atoms with Crippen LogP contribution in [0.25, 0.3) is 5.57 Å². The predicted molar refractivity (Wildman–Crippen MR) is 68.6 cm³/mol. The summed E-state index contributed by atoms with van der Waals surface area (Å²) in [6.45, 7) is 2.18. The second-order valence-corrected chi connectivity index (χ2v) is 5.28. The summed E-state index contributed by atoms with van der Waals surface area (Å²) in [5.74, 6) is 1.88. The Bertz CT molecular complexity index is 418. The average molecular weight is 229 g/mol. The Balaban J connectivity index is 1.70. The number of hydrogen-bond donors (Lipinski definition) is 0. The zero-order valence-electron chi connectivity index (χ0n) is 10.4. The molecule has 1 aliphatic heterocycles. The van der Waals surface area contributed by atoms with Gasteiger partial charge in [-0.15, -0.1) is 0 Å². The summed E-state index contributed by atoms with van der Waals surface area (Å²) in [7, 11) is 2.16. The Morgan fingerprint density at radius 1 is 1.29 bits per heavy atom. The smallest absolute Gasteiger partial charge is 0.128 e. The lowest BCUT2D eigenvalue weighted by Gasteiger charge is -2.21. The summed E-state index contributed by atoms with van der Waals surface area (Å²) in [5.41, 5.74) is 2.61. The predicted octanol–water partition coefficient (Wildman–Crippen LogP) is 2.15. The summed E-state index contributed by atoms with van der Waals surface area (Å²) in [6.07, 6.45) is 11.2. The molecule has 0 atom stereocenters. The Kier molecular flexibility index (Phi) is 2.93. The van der Waals surface area contributed by atoms with Crippen LogP contribution in [0.5, 0.6) is 0 Å². The van der Waals surface area contributed by atoms with Crippen molar-refractivity contribution in [3.05, 3.63) is 29.9 Å². The van der Waals surface area contributed by atoms with Gasteiger partial charge in [-0.2, -0.15) is 0 Å². The molecule has 0 amide bonds. The van der Waals surface area contributed by atoms with E-state index in [1.165, 1.54) is 24.0 Å². The molecular formula is C14H19N3. The molecule has 2 heterocycles. The van der Waals surface area contributed by atoms with Gasteiger partial charge in [-0.3, -0.25) is 0 Å². The van der Waals surface area contributed by atoms with Gasteiger partial charge in [0.2, 0.25) is 0 Å². The maximum absolute atomic E-state index is 4.49. The Hall–Kier alpha value is -1.22. The fourth-order valence-corrected chi connectivity index (χ4v) is 2.24. The minimum absolute atomic E-state index is 0.864. The van der Waals surface area contributed by atoms with Crippen LogP contribution in [-0.2, 0) is 6.42 Å². The monoisotopic (exact) mass is 229 g/mol. The van der Waals surface area contributed by atoms with E-state index in [1.807, 2.05) is 12.4 Å². The van der Waals surface area contributed by atoms with Crippen molar-refractivity contribution in [3.8, 4) is 0 Å². The standard InChI is InChI=1S/C14H19N3/c1-17-6-4-12(5-7-17)13-9-15-14(16-10-13)8-11-2-3-11/h4,9-11H,2-3,5-8H2,1H3. The largest absolute Gasteiger partial charge is 0.302 e. The Morgan fingerprint density at radius 3 is 2.65 bits per heavy atom. The molecule has 90 valence electrons. The van der Waals surface area contributed by atoms with E-state index < -0.39 is 0 Å². The first kappa shape index (κ1) is 10.9. The van der Waals surface area contributed by atoms with Gasteiger partial charge in [-0.05, 0) is 37.8 Å². The molecule has 0 aromatic carbocycles. The van der Waals surface area contributed by atoms with Crippen molar-refractivity contribution in [2.75, 3.05) is 20.1 Å². The van der Waals surface area contributed by atoms with Crippen LogP contribution < -0.4 is 0 Å². The third-order valence-electron chi connectivity index (χ3n) is 3.66. The van der Waals surface area contributed by atoms with Gasteiger partial charge in [-0.25, -0.2) is 9.97 Å². The van der Waals surface area contributed by atoms with Crippen molar-refractivity contribution in [2.24, 2.45) is 5.92 Å². The molecule has 0 saturated heterocycles. The molecule has 3 nitrogen and oxygen atoms in total. The van der Waals surface area contributed by atoms with E-state index in [1.54, 1.807) is 0 Å². The summed E-state index contributed by atoms with van der Waals surface area (Å²) in [5, 5.41) is 0. The Labute approximate surface area is 103 Å². The number of rotatable bonds is 3. The first-order valence-electron chi connectivity index (χ1n) is 6.50. The lowest BCUT2D eigenvalue weighted by Crippen LogP contribution is -2.23. The number of hydrogen-bond acceptors (Lipinski definition) is 3. The third-order valence-corrected chi connectivity index (χ3v) is 3.66. The van der Waals surface area contributed by atoms with E-state index in [0.717, 1.165) is 37.7 Å². The molecule has 3 rings (SSSR count). The lowest BCUT2D eigenvalue weighted by atomic mass is 10.0. The van der Waals surface area contributed by atoms with Crippen molar-refractivity contribution >= 4 is 5.57 Å². The summed E-state index contributed by atoms with van der Waals surface area (Å²) >= 11 is 0. The minimum atomic E-state index is 0.864. The number of nitrogens with zero attached hydrogens (tertiary/aromatic N) is 3. The fourth-order valence-electron chi connectivity index (χ4n) is 2.24. The van der Waals surface area contributed by atoms with E-state index in [-0.39, 0.29) is 0 Å². The summed E-state index contributed by atoms with van der Waals surface area (Å²) in [6, 6.07) is 0. The molecule has 0 bridgehead atoms. The highest BCUT2D eigenvalue weighted by atomic mass is 15.1. The van der Waals surface area contributed by atoms with Gasteiger partial charge in [0.15, 0.2) is 0 Å². The van der Waals surface area contributed by atoms with Crippen LogP contribution in [0, 0.1) is 5.92 Å². The van der Waals surface area contributed by atoms with Crippen LogP contribution >= 0.6 is 0 Å². The van der Waals surface area contributed by atoms with Crippen LogP contribution in [0.2, 0.25) is 0 Å². The molecule has 17 heavy (non-hydrogen) atoms.